The van der Waals surface area contributed by atoms with E-state index in [0.29, 0.717) is 18.0 Å². The molecule has 1 rings (SSSR count). The average Bonchev–Trinajstić information content (AvgIpc) is 2.37. The minimum atomic E-state index is 0.240. The third-order valence-corrected chi connectivity index (χ3v) is 4.92. The van der Waals surface area contributed by atoms with Gasteiger partial charge in [0, 0.05) is 12.1 Å². The van der Waals surface area contributed by atoms with E-state index in [1.807, 2.05) is 0 Å². The van der Waals surface area contributed by atoms with Gasteiger partial charge in [-0.3, -0.25) is 4.90 Å². The molecular weight excluding hydrogens is 220 g/mol. The number of rotatable bonds is 5. The van der Waals surface area contributed by atoms with Gasteiger partial charge >= 0.3 is 0 Å². The summed E-state index contributed by atoms with van der Waals surface area (Å²) in [6.07, 6.45) is 6.18. The van der Waals surface area contributed by atoms with Crippen LogP contribution in [0.3, 0.4) is 0 Å². The summed E-state index contributed by atoms with van der Waals surface area (Å²) in [7, 11) is 2.22. The highest BCUT2D eigenvalue weighted by Crippen LogP contribution is 2.35. The predicted octanol–water partition coefficient (Wildman–Crippen LogP) is 4.07. The van der Waals surface area contributed by atoms with Crippen molar-refractivity contribution < 1.29 is 0 Å². The quantitative estimate of drug-likeness (QED) is 0.735. The summed E-state index contributed by atoms with van der Waals surface area (Å²) in [4.78, 5) is 2.47. The van der Waals surface area contributed by atoms with Crippen LogP contribution in [0, 0.1) is 29.1 Å². The van der Waals surface area contributed by atoms with Gasteiger partial charge in [0.25, 0.3) is 0 Å². The van der Waals surface area contributed by atoms with Crippen molar-refractivity contribution in [1.82, 2.24) is 4.90 Å². The highest BCUT2D eigenvalue weighted by Gasteiger charge is 2.34. The van der Waals surface area contributed by atoms with E-state index in [2.05, 4.69) is 45.7 Å². The maximum absolute atomic E-state index is 9.37. The SMILES string of the molecule is CCCC1CCC(C#N)C(N(C)C(C)C(C)C)C1. The molecule has 4 atom stereocenters. The minimum Gasteiger partial charge on any atom is -0.299 e. The van der Waals surface area contributed by atoms with Gasteiger partial charge in [-0.15, -0.1) is 0 Å². The van der Waals surface area contributed by atoms with Crippen molar-refractivity contribution in [1.29, 1.82) is 5.26 Å². The standard InChI is InChI=1S/C16H30N2/c1-6-7-14-8-9-15(11-17)16(10-14)18(5)13(4)12(2)3/h12-16H,6-10H2,1-5H3. The van der Waals surface area contributed by atoms with Crippen LogP contribution >= 0.6 is 0 Å². The largest absolute Gasteiger partial charge is 0.299 e. The van der Waals surface area contributed by atoms with Crippen LogP contribution in [0.5, 0.6) is 0 Å². The highest BCUT2D eigenvalue weighted by atomic mass is 15.2. The van der Waals surface area contributed by atoms with Crippen LogP contribution in [0.2, 0.25) is 0 Å². The molecule has 0 aliphatic heterocycles. The van der Waals surface area contributed by atoms with E-state index < -0.39 is 0 Å². The molecule has 0 aromatic rings. The van der Waals surface area contributed by atoms with Crippen molar-refractivity contribution in [3.63, 3.8) is 0 Å². The number of hydrogen-bond acceptors (Lipinski definition) is 2. The molecule has 18 heavy (non-hydrogen) atoms. The second-order valence-electron chi connectivity index (χ2n) is 6.42. The minimum absolute atomic E-state index is 0.240. The fourth-order valence-corrected chi connectivity index (χ4v) is 3.27. The third-order valence-electron chi connectivity index (χ3n) is 4.92. The van der Waals surface area contributed by atoms with Crippen molar-refractivity contribution in [3.05, 3.63) is 0 Å². The first kappa shape index (κ1) is 15.5. The first-order chi connectivity index (χ1) is 8.51. The molecule has 0 heterocycles. The molecule has 0 aromatic carbocycles. The molecule has 2 heteroatoms. The zero-order valence-electron chi connectivity index (χ0n) is 12.8. The average molecular weight is 250 g/mol. The first-order valence-corrected chi connectivity index (χ1v) is 7.62. The number of nitrogens with zero attached hydrogens (tertiary/aromatic N) is 2. The number of hydrogen-bond donors (Lipinski definition) is 0. The Kier molecular flexibility index (Phi) is 6.15. The molecule has 1 aliphatic rings. The first-order valence-electron chi connectivity index (χ1n) is 7.62. The summed E-state index contributed by atoms with van der Waals surface area (Å²) in [5, 5.41) is 9.37. The van der Waals surface area contributed by atoms with Crippen LogP contribution in [-0.4, -0.2) is 24.0 Å². The topological polar surface area (TPSA) is 27.0 Å². The van der Waals surface area contributed by atoms with Gasteiger partial charge in [-0.1, -0.05) is 33.6 Å². The van der Waals surface area contributed by atoms with Gasteiger partial charge in [0.15, 0.2) is 0 Å². The van der Waals surface area contributed by atoms with Crippen molar-refractivity contribution in [3.8, 4) is 6.07 Å². The third kappa shape index (κ3) is 3.72. The maximum Gasteiger partial charge on any atom is 0.0672 e. The molecule has 0 saturated heterocycles. The number of nitriles is 1. The van der Waals surface area contributed by atoms with E-state index in [-0.39, 0.29) is 5.92 Å². The monoisotopic (exact) mass is 250 g/mol. The lowest BCUT2D eigenvalue weighted by Crippen LogP contribution is -2.47. The van der Waals surface area contributed by atoms with E-state index in [0.717, 1.165) is 12.3 Å². The van der Waals surface area contributed by atoms with Crippen molar-refractivity contribution in [2.75, 3.05) is 7.05 Å². The predicted molar refractivity (Wildman–Crippen MR) is 77.2 cm³/mol. The molecule has 1 saturated carbocycles. The van der Waals surface area contributed by atoms with Crippen LogP contribution in [-0.2, 0) is 0 Å². The van der Waals surface area contributed by atoms with Crippen molar-refractivity contribution in [2.45, 2.75) is 71.9 Å². The van der Waals surface area contributed by atoms with Gasteiger partial charge in [0.2, 0.25) is 0 Å². The molecule has 1 aliphatic carbocycles. The van der Waals surface area contributed by atoms with Crippen molar-refractivity contribution >= 4 is 0 Å². The van der Waals surface area contributed by atoms with Crippen molar-refractivity contribution in [2.24, 2.45) is 17.8 Å². The fourth-order valence-electron chi connectivity index (χ4n) is 3.27. The van der Waals surface area contributed by atoms with E-state index in [1.165, 1.54) is 25.7 Å². The van der Waals surface area contributed by atoms with Gasteiger partial charge in [0.1, 0.15) is 0 Å². The van der Waals surface area contributed by atoms with Gasteiger partial charge in [0.05, 0.1) is 12.0 Å². The second-order valence-corrected chi connectivity index (χ2v) is 6.42. The Morgan fingerprint density at radius 3 is 2.44 bits per heavy atom. The lowest BCUT2D eigenvalue weighted by atomic mass is 9.76. The summed E-state index contributed by atoms with van der Waals surface area (Å²) in [5.41, 5.74) is 0. The van der Waals surface area contributed by atoms with E-state index in [9.17, 15) is 5.26 Å². The normalized spacial score (nSPS) is 30.4. The zero-order valence-corrected chi connectivity index (χ0v) is 12.8. The van der Waals surface area contributed by atoms with Crippen LogP contribution in [0.15, 0.2) is 0 Å². The Morgan fingerprint density at radius 2 is 1.94 bits per heavy atom. The summed E-state index contributed by atoms with van der Waals surface area (Å²) < 4.78 is 0. The fraction of sp³-hybridized carbons (Fsp3) is 0.938. The summed E-state index contributed by atoms with van der Waals surface area (Å²) in [5.74, 6) is 1.73. The Morgan fingerprint density at radius 1 is 1.28 bits per heavy atom. The van der Waals surface area contributed by atoms with E-state index in [4.69, 9.17) is 0 Å². The molecule has 4 unspecified atom stereocenters. The Balaban J connectivity index is 2.71. The lowest BCUT2D eigenvalue weighted by Gasteiger charge is -2.42. The molecule has 0 radical (unpaired) electrons. The van der Waals surface area contributed by atoms with Crippen LogP contribution in [0.4, 0.5) is 0 Å². The highest BCUT2D eigenvalue weighted by molar-refractivity contribution is 4.98. The van der Waals surface area contributed by atoms with Crippen LogP contribution in [0.1, 0.15) is 59.8 Å². The molecule has 0 N–H and O–H groups in total. The summed E-state index contributed by atoms with van der Waals surface area (Å²) in [6.45, 7) is 9.11. The molecule has 2 nitrogen and oxygen atoms in total. The molecule has 104 valence electrons. The molecule has 0 bridgehead atoms. The summed E-state index contributed by atoms with van der Waals surface area (Å²) >= 11 is 0. The summed E-state index contributed by atoms with van der Waals surface area (Å²) in [6, 6.07) is 3.58. The molecule has 0 spiro atoms. The maximum atomic E-state index is 9.37. The van der Waals surface area contributed by atoms with Gasteiger partial charge in [-0.25, -0.2) is 0 Å². The molecular formula is C16H30N2. The van der Waals surface area contributed by atoms with E-state index >= 15 is 0 Å². The van der Waals surface area contributed by atoms with E-state index in [1.54, 1.807) is 0 Å². The molecule has 0 amide bonds. The van der Waals surface area contributed by atoms with Gasteiger partial charge in [-0.2, -0.15) is 5.26 Å². The Labute approximate surface area is 113 Å². The Hall–Kier alpha value is -0.550. The smallest absolute Gasteiger partial charge is 0.0672 e. The van der Waals surface area contributed by atoms with Gasteiger partial charge < -0.3 is 0 Å². The van der Waals surface area contributed by atoms with Crippen LogP contribution < -0.4 is 0 Å². The second kappa shape index (κ2) is 7.14. The molecule has 1 fully saturated rings. The molecule has 0 aromatic heterocycles. The van der Waals surface area contributed by atoms with Crippen LogP contribution in [0.25, 0.3) is 0 Å². The zero-order chi connectivity index (χ0) is 13.7. The van der Waals surface area contributed by atoms with Gasteiger partial charge in [-0.05, 0) is 45.1 Å². The Bertz CT molecular complexity index is 279. The lowest BCUT2D eigenvalue weighted by molar-refractivity contribution is 0.0728.